The van der Waals surface area contributed by atoms with Gasteiger partial charge in [0.15, 0.2) is 0 Å². The van der Waals surface area contributed by atoms with E-state index in [0.717, 1.165) is 35.8 Å². The molecule has 1 heterocycles. The molecular weight excluding hydrogens is 561 g/mol. The van der Waals surface area contributed by atoms with Crippen molar-refractivity contribution in [3.63, 3.8) is 0 Å². The van der Waals surface area contributed by atoms with E-state index < -0.39 is 0 Å². The van der Waals surface area contributed by atoms with Crippen LogP contribution in [0.3, 0.4) is 0 Å². The van der Waals surface area contributed by atoms with Gasteiger partial charge in [-0.15, -0.1) is 0 Å². The van der Waals surface area contributed by atoms with Gasteiger partial charge in [-0.2, -0.15) is 12.8 Å². The summed E-state index contributed by atoms with van der Waals surface area (Å²) in [5, 5.41) is 0. The molecule has 0 aromatic heterocycles. The van der Waals surface area contributed by atoms with Crippen molar-refractivity contribution in [3.8, 4) is 0 Å². The third-order valence-electron chi connectivity index (χ3n) is 7.31. The molecule has 0 radical (unpaired) electrons. The summed E-state index contributed by atoms with van der Waals surface area (Å²) in [6, 6.07) is 0.730. The molecule has 3 rings (SSSR count). The number of rotatable bonds is 5. The van der Waals surface area contributed by atoms with Crippen LogP contribution in [0.1, 0.15) is 86.0 Å². The van der Waals surface area contributed by atoms with Gasteiger partial charge in [0, 0.05) is 0 Å². The van der Waals surface area contributed by atoms with Gasteiger partial charge in [0.2, 0.25) is 0 Å². The summed E-state index contributed by atoms with van der Waals surface area (Å²) in [5.74, 6) is 2.87. The number of piperidine rings is 1. The molecule has 0 N–H and O–H groups in total. The minimum atomic E-state index is 0. The molecule has 0 amide bonds. The van der Waals surface area contributed by atoms with Gasteiger partial charge in [-0.25, -0.2) is 0 Å². The summed E-state index contributed by atoms with van der Waals surface area (Å²) < 4.78 is 0. The average molecular weight is 605 g/mol. The van der Waals surface area contributed by atoms with Crippen LogP contribution < -0.4 is 175 Å². The second kappa shape index (κ2) is 18.6. The number of nitrogens with zero attached hydrogens (tertiary/aromatic N) is 2. The van der Waals surface area contributed by atoms with Crippen LogP contribution in [0.15, 0.2) is 0 Å². The SMILES string of the molecule is CC.CCN(C)C1C[CH-]N(CC2CCC3(CC2)CC(C(C)C)C3)[CH-]C1.[Rb+].[Rb+].[Rb+]. The summed E-state index contributed by atoms with van der Waals surface area (Å²) in [7, 11) is 2.26. The molecule has 3 aliphatic rings. The maximum Gasteiger partial charge on any atom is 1.00 e. The van der Waals surface area contributed by atoms with Gasteiger partial charge in [0.05, 0.1) is 0 Å². The third kappa shape index (κ3) is 10.9. The summed E-state index contributed by atoms with van der Waals surface area (Å²) in [4.78, 5) is 5.01. The molecule has 0 unspecified atom stereocenters. The molecule has 5 heteroatoms. The fourth-order valence-corrected chi connectivity index (χ4v) is 5.15. The van der Waals surface area contributed by atoms with Gasteiger partial charge in [-0.05, 0) is 81.3 Å². The topological polar surface area (TPSA) is 6.48 Å². The first kappa shape index (κ1) is 35.5. The van der Waals surface area contributed by atoms with Gasteiger partial charge >= 0.3 is 175 Å². The normalized spacial score (nSPS) is 30.4. The van der Waals surface area contributed by atoms with Gasteiger partial charge in [0.25, 0.3) is 0 Å². The van der Waals surface area contributed by atoms with Crippen molar-refractivity contribution in [1.82, 2.24) is 9.80 Å². The molecule has 3 fully saturated rings. The first-order chi connectivity index (χ1) is 12.0. The van der Waals surface area contributed by atoms with Crippen LogP contribution in [-0.4, -0.2) is 36.0 Å². The predicted molar refractivity (Wildman–Crippen MR) is 110 cm³/mol. The van der Waals surface area contributed by atoms with Crippen molar-refractivity contribution in [2.75, 3.05) is 20.1 Å². The molecule has 0 atom stereocenters. The largest absolute Gasteiger partial charge is 1.00 e. The Bertz CT molecular complexity index is 368. The molecule has 0 aromatic rings. The van der Waals surface area contributed by atoms with Crippen molar-refractivity contribution < 1.29 is 175 Å². The molecule has 1 spiro atoms. The maximum absolute atomic E-state index is 2.53. The van der Waals surface area contributed by atoms with Gasteiger partial charge in [0.1, 0.15) is 0 Å². The zero-order chi connectivity index (χ0) is 18.4. The number of hydrogen-bond acceptors (Lipinski definition) is 2. The molecule has 2 nitrogen and oxygen atoms in total. The molecule has 2 saturated carbocycles. The van der Waals surface area contributed by atoms with Crippen molar-refractivity contribution in [3.05, 3.63) is 13.1 Å². The molecular formula is C23H44N2Rb3+. The fourth-order valence-electron chi connectivity index (χ4n) is 5.15. The van der Waals surface area contributed by atoms with Crippen molar-refractivity contribution >= 4 is 0 Å². The molecule has 1 aliphatic heterocycles. The number of hydrogen-bond donors (Lipinski definition) is 0. The van der Waals surface area contributed by atoms with Gasteiger partial charge in [-0.3, -0.25) is 13.1 Å². The Hall–Kier alpha value is 5.34. The van der Waals surface area contributed by atoms with E-state index in [1.807, 2.05) is 13.8 Å². The monoisotopic (exact) mass is 603 g/mol. The van der Waals surface area contributed by atoms with Crippen LogP contribution in [0.2, 0.25) is 0 Å². The first-order valence-electron chi connectivity index (χ1n) is 11.1. The van der Waals surface area contributed by atoms with Crippen LogP contribution in [-0.2, 0) is 0 Å². The summed E-state index contributed by atoms with van der Waals surface area (Å²) >= 11 is 0. The number of likely N-dealkylation sites (tertiary alicyclic amines) is 1. The minimum absolute atomic E-state index is 0. The molecule has 0 bridgehead atoms. The quantitative estimate of drug-likeness (QED) is 0.309. The van der Waals surface area contributed by atoms with E-state index >= 15 is 0 Å². The zero-order valence-electron chi connectivity index (χ0n) is 20.9. The summed E-state index contributed by atoms with van der Waals surface area (Å²) in [6.45, 7) is 18.4. The van der Waals surface area contributed by atoms with E-state index in [-0.39, 0.29) is 175 Å². The Labute approximate surface area is 324 Å². The van der Waals surface area contributed by atoms with Crippen LogP contribution in [0.4, 0.5) is 0 Å². The molecule has 0 aromatic carbocycles. The summed E-state index contributed by atoms with van der Waals surface area (Å²) in [6.07, 6.45) is 11.5. The maximum atomic E-state index is 2.53. The summed E-state index contributed by atoms with van der Waals surface area (Å²) in [5.41, 5.74) is 0.774. The van der Waals surface area contributed by atoms with E-state index in [0.29, 0.717) is 0 Å². The van der Waals surface area contributed by atoms with E-state index in [2.05, 4.69) is 50.7 Å². The Morgan fingerprint density at radius 1 is 1.00 bits per heavy atom. The van der Waals surface area contributed by atoms with Crippen molar-refractivity contribution in [2.24, 2.45) is 23.2 Å². The first-order valence-corrected chi connectivity index (χ1v) is 11.1. The van der Waals surface area contributed by atoms with Crippen LogP contribution in [0, 0.1) is 36.3 Å². The van der Waals surface area contributed by atoms with Crippen LogP contribution in [0.5, 0.6) is 0 Å². The fraction of sp³-hybridized carbons (Fsp3) is 0.913. The molecule has 1 saturated heterocycles. The Morgan fingerprint density at radius 3 is 1.93 bits per heavy atom. The molecule has 2 aliphatic carbocycles. The van der Waals surface area contributed by atoms with Crippen molar-refractivity contribution in [2.45, 2.75) is 92.0 Å². The second-order valence-electron chi connectivity index (χ2n) is 9.12. The smallest absolute Gasteiger partial charge is 0.605 e. The van der Waals surface area contributed by atoms with E-state index in [1.165, 1.54) is 57.9 Å². The Morgan fingerprint density at radius 2 is 1.50 bits per heavy atom. The zero-order valence-corrected chi connectivity index (χ0v) is 35.7. The Kier molecular flexibility index (Phi) is 23.6. The predicted octanol–water partition coefficient (Wildman–Crippen LogP) is -2.99. The third-order valence-corrected chi connectivity index (χ3v) is 7.31. The van der Waals surface area contributed by atoms with E-state index in [4.69, 9.17) is 0 Å². The average Bonchev–Trinajstić information content (AvgIpc) is 2.62. The minimum Gasteiger partial charge on any atom is -0.605 e. The van der Waals surface area contributed by atoms with Gasteiger partial charge in [-0.1, -0.05) is 41.2 Å². The van der Waals surface area contributed by atoms with E-state index in [9.17, 15) is 0 Å². The van der Waals surface area contributed by atoms with Crippen LogP contribution >= 0.6 is 0 Å². The Balaban J connectivity index is 0. The van der Waals surface area contributed by atoms with E-state index in [1.54, 1.807) is 0 Å². The standard InChI is InChI=1S/C21H38N2.C2H6.3Rb/c1-5-22(4)20-8-12-23(13-9-20)16-18-6-10-21(11-7-18)14-19(15-21)17(2)3;1-2;;;/h12-13,17-20H,5-11,14-16H2,1-4H3;1-2H3;;;/q-2;;3*+1. The molecule has 28 heavy (non-hydrogen) atoms. The van der Waals surface area contributed by atoms with Crippen LogP contribution in [0.25, 0.3) is 0 Å². The second-order valence-corrected chi connectivity index (χ2v) is 9.12. The molecule has 148 valence electrons. The van der Waals surface area contributed by atoms with Gasteiger partial charge < -0.3 is 9.80 Å². The van der Waals surface area contributed by atoms with Crippen molar-refractivity contribution in [1.29, 1.82) is 0 Å².